The van der Waals surface area contributed by atoms with Crippen molar-refractivity contribution in [2.75, 3.05) is 6.54 Å². The summed E-state index contributed by atoms with van der Waals surface area (Å²) >= 11 is 1.46. The standard InChI is InChI=1S/C18H18FNO3S.ClH/c1-11(21)18(14-5-3-4-6-15(14)19)20-8-7-16-13(10-20)9-17(24-16)23-12(2)22;/h3-6,9,18H,7-8,10H2,1-2H3;1H. The van der Waals surface area contributed by atoms with Gasteiger partial charge in [0.1, 0.15) is 5.82 Å². The molecule has 3 rings (SSSR count). The molecule has 1 unspecified atom stereocenters. The second-order valence-corrected chi connectivity index (χ2v) is 6.96. The van der Waals surface area contributed by atoms with E-state index in [4.69, 9.17) is 4.74 Å². The Bertz CT molecular complexity index is 792. The summed E-state index contributed by atoms with van der Waals surface area (Å²) in [5.41, 5.74) is 1.44. The fourth-order valence-corrected chi connectivity index (χ4v) is 4.16. The molecule has 0 saturated heterocycles. The van der Waals surface area contributed by atoms with Crippen molar-refractivity contribution in [2.24, 2.45) is 0 Å². The third kappa shape index (κ3) is 4.26. The molecule has 1 aliphatic heterocycles. The Labute approximate surface area is 156 Å². The molecule has 1 aromatic heterocycles. The molecule has 1 atom stereocenters. The zero-order valence-electron chi connectivity index (χ0n) is 14.0. The average molecular weight is 384 g/mol. The topological polar surface area (TPSA) is 46.6 Å². The number of hydrogen-bond acceptors (Lipinski definition) is 5. The van der Waals surface area contributed by atoms with Gasteiger partial charge in [-0.3, -0.25) is 14.5 Å². The van der Waals surface area contributed by atoms with E-state index in [0.29, 0.717) is 23.7 Å². The smallest absolute Gasteiger partial charge is 0.308 e. The molecule has 0 spiro atoms. The van der Waals surface area contributed by atoms with Gasteiger partial charge >= 0.3 is 5.97 Å². The molecule has 7 heteroatoms. The van der Waals surface area contributed by atoms with E-state index < -0.39 is 6.04 Å². The fraction of sp³-hybridized carbons (Fsp3) is 0.333. The minimum Gasteiger partial charge on any atom is -0.416 e. The highest BCUT2D eigenvalue weighted by atomic mass is 35.5. The second-order valence-electron chi connectivity index (χ2n) is 5.86. The molecule has 0 bridgehead atoms. The number of thiophene rings is 1. The van der Waals surface area contributed by atoms with Gasteiger partial charge in [0.25, 0.3) is 0 Å². The molecule has 0 N–H and O–H groups in total. The molecule has 2 aromatic rings. The number of carbonyl (C=O) groups is 2. The number of esters is 1. The van der Waals surface area contributed by atoms with Crippen LogP contribution < -0.4 is 4.74 Å². The highest BCUT2D eigenvalue weighted by Gasteiger charge is 2.31. The van der Waals surface area contributed by atoms with Gasteiger partial charge < -0.3 is 4.74 Å². The van der Waals surface area contributed by atoms with E-state index in [2.05, 4.69) is 0 Å². The number of ether oxygens (including phenoxy) is 1. The summed E-state index contributed by atoms with van der Waals surface area (Å²) in [7, 11) is 0. The fourth-order valence-electron chi connectivity index (χ4n) is 3.11. The van der Waals surface area contributed by atoms with Crippen molar-refractivity contribution < 1.29 is 18.7 Å². The average Bonchev–Trinajstić information content (AvgIpc) is 2.89. The third-order valence-electron chi connectivity index (χ3n) is 4.07. The summed E-state index contributed by atoms with van der Waals surface area (Å²) < 4.78 is 19.3. The Morgan fingerprint density at radius 2 is 2.00 bits per heavy atom. The molecule has 4 nitrogen and oxygen atoms in total. The van der Waals surface area contributed by atoms with Crippen molar-refractivity contribution in [3.63, 3.8) is 0 Å². The van der Waals surface area contributed by atoms with Crippen LogP contribution in [0, 0.1) is 5.82 Å². The molecule has 1 aromatic carbocycles. The van der Waals surface area contributed by atoms with E-state index in [1.807, 2.05) is 11.0 Å². The van der Waals surface area contributed by atoms with E-state index in [0.717, 1.165) is 16.9 Å². The number of ketones is 1. The van der Waals surface area contributed by atoms with E-state index in [1.54, 1.807) is 18.2 Å². The van der Waals surface area contributed by atoms with Crippen LogP contribution in [0.15, 0.2) is 30.3 Å². The van der Waals surface area contributed by atoms with Gasteiger partial charge in [-0.25, -0.2) is 4.39 Å². The Morgan fingerprint density at radius 1 is 1.28 bits per heavy atom. The van der Waals surface area contributed by atoms with Gasteiger partial charge in [0.05, 0.1) is 6.04 Å². The summed E-state index contributed by atoms with van der Waals surface area (Å²) in [5.74, 6) is -0.799. The molecular weight excluding hydrogens is 365 g/mol. The summed E-state index contributed by atoms with van der Waals surface area (Å²) in [4.78, 5) is 26.4. The Hall–Kier alpha value is -1.76. The van der Waals surface area contributed by atoms with Crippen LogP contribution in [-0.4, -0.2) is 23.2 Å². The lowest BCUT2D eigenvalue weighted by molar-refractivity contribution is -0.131. The zero-order valence-corrected chi connectivity index (χ0v) is 15.6. The lowest BCUT2D eigenvalue weighted by Crippen LogP contribution is -2.37. The predicted octanol–water partition coefficient (Wildman–Crippen LogP) is 3.92. The second kappa shape index (κ2) is 8.08. The van der Waals surface area contributed by atoms with Gasteiger partial charge in [-0.2, -0.15) is 0 Å². The normalized spacial score (nSPS) is 15.0. The Kier molecular flexibility index (Phi) is 6.32. The molecule has 134 valence electrons. The van der Waals surface area contributed by atoms with Crippen LogP contribution in [0.5, 0.6) is 5.06 Å². The molecular formula is C18H19ClFNO3S. The van der Waals surface area contributed by atoms with E-state index >= 15 is 0 Å². The van der Waals surface area contributed by atoms with Crippen molar-refractivity contribution in [3.05, 3.63) is 52.2 Å². The maximum atomic E-state index is 14.2. The van der Waals surface area contributed by atoms with Gasteiger partial charge in [0.15, 0.2) is 10.8 Å². The SMILES string of the molecule is CC(=O)Oc1cc2c(s1)CCN(C(C(C)=O)c1ccccc1F)C2.Cl. The van der Waals surface area contributed by atoms with Crippen LogP contribution in [0.1, 0.15) is 35.9 Å². The van der Waals surface area contributed by atoms with E-state index in [1.165, 1.54) is 31.3 Å². The highest BCUT2D eigenvalue weighted by Crippen LogP contribution is 2.36. The number of benzene rings is 1. The van der Waals surface area contributed by atoms with Crippen molar-refractivity contribution in [1.29, 1.82) is 0 Å². The first-order chi connectivity index (χ1) is 11.5. The van der Waals surface area contributed by atoms with Crippen LogP contribution in [0.25, 0.3) is 0 Å². The van der Waals surface area contributed by atoms with Crippen molar-refractivity contribution in [1.82, 2.24) is 4.90 Å². The summed E-state index contributed by atoms with van der Waals surface area (Å²) in [6, 6.07) is 7.64. The quantitative estimate of drug-likeness (QED) is 0.751. The summed E-state index contributed by atoms with van der Waals surface area (Å²) in [5, 5.41) is 0.569. The lowest BCUT2D eigenvalue weighted by Gasteiger charge is -2.33. The maximum Gasteiger partial charge on any atom is 0.308 e. The Morgan fingerprint density at radius 3 is 2.64 bits per heavy atom. The first-order valence-corrected chi connectivity index (χ1v) is 8.56. The molecule has 1 aliphatic rings. The number of carbonyl (C=O) groups excluding carboxylic acids is 2. The first kappa shape index (κ1) is 19.6. The number of Topliss-reactive ketones (excluding diaryl/α,β-unsaturated/α-hetero) is 1. The summed E-state index contributed by atoms with van der Waals surface area (Å²) in [6.45, 7) is 4.05. The van der Waals surface area contributed by atoms with Gasteiger partial charge in [0.2, 0.25) is 0 Å². The van der Waals surface area contributed by atoms with Crippen LogP contribution in [0.4, 0.5) is 4.39 Å². The Balaban J connectivity index is 0.00000225. The van der Waals surface area contributed by atoms with Gasteiger partial charge in [-0.15, -0.1) is 23.7 Å². The number of halogens is 2. The van der Waals surface area contributed by atoms with Crippen molar-refractivity contribution in [2.45, 2.75) is 32.9 Å². The van der Waals surface area contributed by atoms with Gasteiger partial charge in [-0.1, -0.05) is 18.2 Å². The molecule has 0 saturated carbocycles. The van der Waals surface area contributed by atoms with Crippen molar-refractivity contribution in [3.8, 4) is 5.06 Å². The lowest BCUT2D eigenvalue weighted by atomic mass is 9.98. The van der Waals surface area contributed by atoms with Crippen LogP contribution >= 0.6 is 23.7 Å². The molecule has 25 heavy (non-hydrogen) atoms. The third-order valence-corrected chi connectivity index (χ3v) is 5.18. The van der Waals surface area contributed by atoms with Gasteiger partial charge in [0, 0.05) is 30.5 Å². The first-order valence-electron chi connectivity index (χ1n) is 7.74. The minimum atomic E-state index is -0.601. The number of rotatable bonds is 4. The van der Waals surface area contributed by atoms with Crippen molar-refractivity contribution >= 4 is 35.5 Å². The highest BCUT2D eigenvalue weighted by molar-refractivity contribution is 7.14. The van der Waals surface area contributed by atoms with Crippen LogP contribution in [-0.2, 0) is 22.6 Å². The zero-order chi connectivity index (χ0) is 17.3. The molecule has 0 radical (unpaired) electrons. The van der Waals surface area contributed by atoms with Crippen LogP contribution in [0.2, 0.25) is 0 Å². The predicted molar refractivity (Wildman–Crippen MR) is 96.8 cm³/mol. The number of hydrogen-bond donors (Lipinski definition) is 0. The number of nitrogens with zero attached hydrogens (tertiary/aromatic N) is 1. The molecule has 0 amide bonds. The number of fused-ring (bicyclic) bond motifs is 1. The monoisotopic (exact) mass is 383 g/mol. The van der Waals surface area contributed by atoms with E-state index in [9.17, 15) is 14.0 Å². The van der Waals surface area contributed by atoms with Crippen LogP contribution in [0.3, 0.4) is 0 Å². The largest absolute Gasteiger partial charge is 0.416 e. The maximum absolute atomic E-state index is 14.2. The summed E-state index contributed by atoms with van der Waals surface area (Å²) in [6.07, 6.45) is 0.750. The molecule has 0 fully saturated rings. The molecule has 0 aliphatic carbocycles. The minimum absolute atomic E-state index is 0. The van der Waals surface area contributed by atoms with Gasteiger partial charge in [-0.05, 0) is 31.0 Å². The van der Waals surface area contributed by atoms with E-state index in [-0.39, 0.29) is 30.0 Å². The molecule has 2 heterocycles.